The molecule has 0 radical (unpaired) electrons. The zero-order valence-electron chi connectivity index (χ0n) is 17.7. The monoisotopic (exact) mass is 406 g/mol. The van der Waals surface area contributed by atoms with E-state index in [1.165, 1.54) is 6.42 Å². The summed E-state index contributed by atoms with van der Waals surface area (Å²) in [6, 6.07) is 4.13. The van der Waals surface area contributed by atoms with Gasteiger partial charge in [0.15, 0.2) is 0 Å². The number of thiophene rings is 1. The molecule has 3 N–H and O–H groups in total. The molecule has 0 spiro atoms. The quantitative estimate of drug-likeness (QED) is 0.673. The van der Waals surface area contributed by atoms with Gasteiger partial charge in [0.05, 0.1) is 0 Å². The normalized spacial score (nSPS) is 49.1. The first-order chi connectivity index (χ1) is 13.3. The first-order valence-electron chi connectivity index (χ1n) is 11.3. The maximum atomic E-state index is 11.8. The van der Waals surface area contributed by atoms with E-state index in [1.807, 2.05) is 6.07 Å². The van der Waals surface area contributed by atoms with E-state index in [0.29, 0.717) is 23.7 Å². The van der Waals surface area contributed by atoms with E-state index in [4.69, 9.17) is 0 Å². The fourth-order valence-electron chi connectivity index (χ4n) is 7.70. The second-order valence-corrected chi connectivity index (χ2v) is 11.6. The zero-order chi connectivity index (χ0) is 20.2. The summed E-state index contributed by atoms with van der Waals surface area (Å²) < 4.78 is 0. The lowest BCUT2D eigenvalue weighted by molar-refractivity contribution is -0.149. The molecule has 3 fully saturated rings. The van der Waals surface area contributed by atoms with E-state index in [2.05, 4.69) is 32.2 Å². The van der Waals surface area contributed by atoms with Gasteiger partial charge < -0.3 is 15.3 Å². The Morgan fingerprint density at radius 2 is 1.79 bits per heavy atom. The molecule has 4 rings (SSSR count). The van der Waals surface area contributed by atoms with Crippen LogP contribution in [0.3, 0.4) is 0 Å². The molecule has 0 amide bonds. The zero-order valence-corrected chi connectivity index (χ0v) is 18.5. The highest BCUT2D eigenvalue weighted by molar-refractivity contribution is 7.10. The van der Waals surface area contributed by atoms with Crippen molar-refractivity contribution in [2.24, 2.45) is 40.4 Å². The van der Waals surface area contributed by atoms with Crippen molar-refractivity contribution in [3.05, 3.63) is 22.4 Å². The fourth-order valence-corrected chi connectivity index (χ4v) is 8.69. The Bertz CT molecular complexity index is 675. The van der Waals surface area contributed by atoms with Gasteiger partial charge in [0.25, 0.3) is 0 Å². The van der Waals surface area contributed by atoms with E-state index in [1.54, 1.807) is 11.3 Å². The lowest BCUT2D eigenvalue weighted by Gasteiger charge is -2.58. The molecule has 0 aliphatic heterocycles. The van der Waals surface area contributed by atoms with Crippen molar-refractivity contribution in [3.8, 4) is 0 Å². The number of fused-ring (bicyclic) bond motifs is 1. The topological polar surface area (TPSA) is 60.7 Å². The molecule has 0 saturated heterocycles. The summed E-state index contributed by atoms with van der Waals surface area (Å²) >= 11 is 1.67. The van der Waals surface area contributed by atoms with Crippen molar-refractivity contribution in [1.82, 2.24) is 0 Å². The van der Waals surface area contributed by atoms with Gasteiger partial charge in [-0.15, -0.1) is 11.3 Å². The summed E-state index contributed by atoms with van der Waals surface area (Å²) in [5, 5.41) is 34.6. The van der Waals surface area contributed by atoms with Crippen LogP contribution in [-0.4, -0.2) is 28.5 Å². The van der Waals surface area contributed by atoms with Gasteiger partial charge in [-0.05, 0) is 85.0 Å². The molecule has 3 aliphatic rings. The number of hydrogen-bond acceptors (Lipinski definition) is 4. The molecular weight excluding hydrogens is 368 g/mol. The van der Waals surface area contributed by atoms with Gasteiger partial charge in [-0.3, -0.25) is 0 Å². The highest BCUT2D eigenvalue weighted by atomic mass is 32.1. The van der Waals surface area contributed by atoms with E-state index in [0.717, 1.165) is 43.4 Å². The molecule has 1 heterocycles. The van der Waals surface area contributed by atoms with Crippen LogP contribution in [0.25, 0.3) is 0 Å². The van der Waals surface area contributed by atoms with Crippen LogP contribution in [0.15, 0.2) is 17.5 Å². The van der Waals surface area contributed by atoms with Gasteiger partial charge in [-0.25, -0.2) is 0 Å². The highest BCUT2D eigenvalue weighted by Crippen LogP contribution is 2.67. The molecule has 3 nitrogen and oxygen atoms in total. The molecule has 3 saturated carbocycles. The van der Waals surface area contributed by atoms with Gasteiger partial charge in [-0.1, -0.05) is 33.3 Å². The molecule has 158 valence electrons. The maximum Gasteiger partial charge on any atom is 0.104 e. The van der Waals surface area contributed by atoms with Crippen LogP contribution >= 0.6 is 11.3 Å². The molecule has 0 bridgehead atoms. The van der Waals surface area contributed by atoms with E-state index < -0.39 is 5.60 Å². The second-order valence-electron chi connectivity index (χ2n) is 10.7. The van der Waals surface area contributed by atoms with Crippen molar-refractivity contribution in [1.29, 1.82) is 0 Å². The number of aliphatic hydroxyl groups excluding tert-OH is 2. The summed E-state index contributed by atoms with van der Waals surface area (Å²) in [5.41, 5.74) is -0.836. The minimum absolute atomic E-state index is 0.0968. The lowest BCUT2D eigenvalue weighted by atomic mass is 9.48. The van der Waals surface area contributed by atoms with Crippen molar-refractivity contribution in [3.63, 3.8) is 0 Å². The van der Waals surface area contributed by atoms with Crippen LogP contribution in [0, 0.1) is 40.4 Å². The van der Waals surface area contributed by atoms with Gasteiger partial charge in [0.1, 0.15) is 5.60 Å². The molecule has 0 unspecified atom stereocenters. The van der Waals surface area contributed by atoms with Crippen LogP contribution in [0.5, 0.6) is 0 Å². The average Bonchev–Trinajstić information content (AvgIpc) is 3.31. The predicted octanol–water partition coefficient (Wildman–Crippen LogP) is 4.81. The van der Waals surface area contributed by atoms with E-state index >= 15 is 0 Å². The summed E-state index contributed by atoms with van der Waals surface area (Å²) in [5.74, 6) is 2.02. The smallest absolute Gasteiger partial charge is 0.104 e. The molecule has 4 heteroatoms. The molecule has 0 aromatic carbocycles. The van der Waals surface area contributed by atoms with Crippen LogP contribution < -0.4 is 0 Å². The molecule has 1 aromatic heterocycles. The Kier molecular flexibility index (Phi) is 5.48. The van der Waals surface area contributed by atoms with Crippen molar-refractivity contribution in [2.75, 3.05) is 13.2 Å². The Hall–Kier alpha value is -0.420. The molecule has 8 atom stereocenters. The first-order valence-corrected chi connectivity index (χ1v) is 12.2. The highest BCUT2D eigenvalue weighted by Gasteiger charge is 2.64. The minimum Gasteiger partial charge on any atom is -0.396 e. The largest absolute Gasteiger partial charge is 0.396 e. The van der Waals surface area contributed by atoms with Crippen LogP contribution in [0.2, 0.25) is 0 Å². The average molecular weight is 407 g/mol. The Labute approximate surface area is 174 Å². The van der Waals surface area contributed by atoms with Gasteiger partial charge in [-0.2, -0.15) is 0 Å². The maximum absolute atomic E-state index is 11.8. The third-order valence-electron chi connectivity index (χ3n) is 9.59. The fraction of sp³-hybridized carbons (Fsp3) is 0.833. The number of rotatable bonds is 4. The summed E-state index contributed by atoms with van der Waals surface area (Å²) in [6.07, 6.45) is 7.33. The van der Waals surface area contributed by atoms with Gasteiger partial charge >= 0.3 is 0 Å². The summed E-state index contributed by atoms with van der Waals surface area (Å²) in [4.78, 5) is 1.10. The van der Waals surface area contributed by atoms with Crippen molar-refractivity contribution >= 4 is 11.3 Å². The summed E-state index contributed by atoms with van der Waals surface area (Å²) in [7, 11) is 0. The second kappa shape index (κ2) is 7.37. The Balaban J connectivity index is 1.66. The van der Waals surface area contributed by atoms with Gasteiger partial charge in [0, 0.05) is 23.5 Å². The van der Waals surface area contributed by atoms with Crippen LogP contribution in [0.1, 0.15) is 70.6 Å². The minimum atomic E-state index is -0.761. The van der Waals surface area contributed by atoms with Crippen LogP contribution in [-0.2, 0) is 5.60 Å². The molecule has 1 aromatic rings. The van der Waals surface area contributed by atoms with Gasteiger partial charge in [0.2, 0.25) is 0 Å². The lowest BCUT2D eigenvalue weighted by Crippen LogP contribution is -2.54. The third kappa shape index (κ3) is 2.85. The SMILES string of the molecule is C[C@H]1CC[C@](C)([C@H]2CC[C@@]3(C)[C@@H](CC[C@@]3(O)c3cccs3)[C@@H]2CO)[C@@H](CO)C1. The third-order valence-corrected chi connectivity index (χ3v) is 10.6. The first kappa shape index (κ1) is 20.8. The van der Waals surface area contributed by atoms with Crippen molar-refractivity contribution < 1.29 is 15.3 Å². The standard InChI is InChI=1S/C24H38O3S/c1-16-6-9-22(2,17(13-16)14-25)19-7-10-23(3)20(18(19)15-26)8-11-24(23,27)21-5-4-12-28-21/h4-5,12,16-20,25-27H,6-11,13-15H2,1-3H3/t16-,17+,18+,19-,20-,22-,23-,24+/m0/s1. The Morgan fingerprint density at radius 3 is 2.43 bits per heavy atom. The van der Waals surface area contributed by atoms with E-state index in [-0.39, 0.29) is 30.0 Å². The van der Waals surface area contributed by atoms with Crippen molar-refractivity contribution in [2.45, 2.75) is 71.3 Å². The number of hydrogen-bond donors (Lipinski definition) is 3. The predicted molar refractivity (Wildman–Crippen MR) is 114 cm³/mol. The molecular formula is C24H38O3S. The molecule has 3 aliphatic carbocycles. The Morgan fingerprint density at radius 1 is 1.04 bits per heavy atom. The summed E-state index contributed by atoms with van der Waals surface area (Å²) in [6.45, 7) is 7.43. The number of aliphatic hydroxyl groups is 3. The van der Waals surface area contributed by atoms with E-state index in [9.17, 15) is 15.3 Å². The molecule has 28 heavy (non-hydrogen) atoms. The van der Waals surface area contributed by atoms with Crippen LogP contribution in [0.4, 0.5) is 0 Å².